The van der Waals surface area contributed by atoms with Crippen molar-refractivity contribution in [1.29, 1.82) is 0 Å². The van der Waals surface area contributed by atoms with E-state index >= 15 is 0 Å². The summed E-state index contributed by atoms with van der Waals surface area (Å²) in [7, 11) is 3.05. The van der Waals surface area contributed by atoms with E-state index in [-0.39, 0.29) is 5.69 Å². The van der Waals surface area contributed by atoms with Crippen LogP contribution in [0.15, 0.2) is 53.3 Å². The third-order valence-corrected chi connectivity index (χ3v) is 4.07. The summed E-state index contributed by atoms with van der Waals surface area (Å²) in [6, 6.07) is 11.7. The summed E-state index contributed by atoms with van der Waals surface area (Å²) < 4.78 is 10.4. The minimum absolute atomic E-state index is 0.0127. The standard InChI is InChI=1S/C20H18N4O5/c1-28-13-9-7-12(16(11-13)29-2)8-10-17(25)21-24-20(27)18-14-5-3-4-6-15(14)19(26)23-22-18/h3-11H,1-2H3,(H,21,25)(H,23,26)(H,24,27)/b10-8+. The molecule has 3 N–H and O–H groups in total. The highest BCUT2D eigenvalue weighted by atomic mass is 16.5. The number of hydrogen-bond acceptors (Lipinski definition) is 6. The second kappa shape index (κ2) is 8.70. The van der Waals surface area contributed by atoms with Gasteiger partial charge in [0.15, 0.2) is 5.69 Å². The number of hydrazine groups is 1. The number of aromatic nitrogens is 2. The summed E-state index contributed by atoms with van der Waals surface area (Å²) in [6.07, 6.45) is 2.77. The predicted octanol–water partition coefficient (Wildman–Crippen LogP) is 1.41. The molecule has 1 aromatic heterocycles. The summed E-state index contributed by atoms with van der Waals surface area (Å²) in [5, 5.41) is 6.73. The zero-order valence-corrected chi connectivity index (χ0v) is 15.7. The Kier molecular flexibility index (Phi) is 5.88. The number of benzene rings is 2. The van der Waals surface area contributed by atoms with Gasteiger partial charge in [-0.1, -0.05) is 18.2 Å². The highest BCUT2D eigenvalue weighted by Crippen LogP contribution is 2.25. The third-order valence-electron chi connectivity index (χ3n) is 4.07. The van der Waals surface area contributed by atoms with E-state index in [2.05, 4.69) is 21.0 Å². The van der Waals surface area contributed by atoms with Crippen LogP contribution in [0.4, 0.5) is 0 Å². The summed E-state index contributed by atoms with van der Waals surface area (Å²) in [6.45, 7) is 0. The van der Waals surface area contributed by atoms with Crippen molar-refractivity contribution in [3.8, 4) is 11.5 Å². The van der Waals surface area contributed by atoms with Crippen LogP contribution in [0.3, 0.4) is 0 Å². The van der Waals surface area contributed by atoms with Crippen molar-refractivity contribution in [2.45, 2.75) is 0 Å². The fourth-order valence-electron chi connectivity index (χ4n) is 2.63. The molecule has 0 saturated heterocycles. The number of carbonyl (C=O) groups excluding carboxylic acids is 2. The molecule has 9 heteroatoms. The summed E-state index contributed by atoms with van der Waals surface area (Å²) in [5.41, 5.74) is 4.77. The van der Waals surface area contributed by atoms with Crippen molar-refractivity contribution in [1.82, 2.24) is 21.0 Å². The SMILES string of the molecule is COc1ccc(/C=C/C(=O)NNC(=O)c2n[nH]c(=O)c3ccccc23)c(OC)c1. The van der Waals surface area contributed by atoms with Crippen LogP contribution in [0, 0.1) is 0 Å². The van der Waals surface area contributed by atoms with Crippen LogP contribution in [0.1, 0.15) is 16.1 Å². The molecule has 0 atom stereocenters. The predicted molar refractivity (Wildman–Crippen MR) is 107 cm³/mol. The number of amides is 2. The largest absolute Gasteiger partial charge is 0.497 e. The second-order valence-electron chi connectivity index (χ2n) is 5.83. The smallest absolute Gasteiger partial charge is 0.290 e. The Hall–Kier alpha value is -4.14. The van der Waals surface area contributed by atoms with E-state index in [1.165, 1.54) is 19.3 Å². The molecule has 0 aliphatic rings. The number of carbonyl (C=O) groups is 2. The number of ether oxygens (including phenoxy) is 2. The Bertz CT molecular complexity index is 1150. The highest BCUT2D eigenvalue weighted by molar-refractivity contribution is 6.05. The van der Waals surface area contributed by atoms with Gasteiger partial charge in [-0.05, 0) is 24.3 Å². The van der Waals surface area contributed by atoms with Crippen molar-refractivity contribution in [3.63, 3.8) is 0 Å². The lowest BCUT2D eigenvalue weighted by molar-refractivity contribution is -0.117. The van der Waals surface area contributed by atoms with E-state index in [0.717, 1.165) is 0 Å². The lowest BCUT2D eigenvalue weighted by Gasteiger charge is -2.08. The summed E-state index contributed by atoms with van der Waals surface area (Å²) in [5.74, 6) is -0.0798. The zero-order chi connectivity index (χ0) is 20.8. The van der Waals surface area contributed by atoms with Gasteiger partial charge < -0.3 is 9.47 Å². The van der Waals surface area contributed by atoms with Gasteiger partial charge in [0.1, 0.15) is 11.5 Å². The Balaban J connectivity index is 1.69. The highest BCUT2D eigenvalue weighted by Gasteiger charge is 2.14. The van der Waals surface area contributed by atoms with Gasteiger partial charge in [-0.3, -0.25) is 25.2 Å². The summed E-state index contributed by atoms with van der Waals surface area (Å²) >= 11 is 0. The maximum Gasteiger partial charge on any atom is 0.290 e. The van der Waals surface area contributed by atoms with Gasteiger partial charge in [-0.25, -0.2) is 5.10 Å². The quantitative estimate of drug-likeness (QED) is 0.444. The topological polar surface area (TPSA) is 122 Å². The molecule has 0 spiro atoms. The van der Waals surface area contributed by atoms with Gasteiger partial charge in [0.05, 0.1) is 19.6 Å². The lowest BCUT2D eigenvalue weighted by Crippen LogP contribution is -2.41. The molecule has 0 unspecified atom stereocenters. The molecule has 0 aliphatic carbocycles. The summed E-state index contributed by atoms with van der Waals surface area (Å²) in [4.78, 5) is 36.2. The van der Waals surface area contributed by atoms with Gasteiger partial charge in [-0.15, -0.1) is 0 Å². The van der Waals surface area contributed by atoms with Crippen LogP contribution in [0.2, 0.25) is 0 Å². The van der Waals surface area contributed by atoms with Crippen molar-refractivity contribution < 1.29 is 19.1 Å². The first-order chi connectivity index (χ1) is 14.0. The Morgan fingerprint density at radius 3 is 2.52 bits per heavy atom. The van der Waals surface area contributed by atoms with Crippen LogP contribution in [0.5, 0.6) is 11.5 Å². The van der Waals surface area contributed by atoms with E-state index in [4.69, 9.17) is 9.47 Å². The van der Waals surface area contributed by atoms with E-state index in [0.29, 0.717) is 27.8 Å². The minimum Gasteiger partial charge on any atom is -0.497 e. The molecule has 0 bridgehead atoms. The van der Waals surface area contributed by atoms with Crippen molar-refractivity contribution >= 4 is 28.7 Å². The fourth-order valence-corrected chi connectivity index (χ4v) is 2.63. The van der Waals surface area contributed by atoms with E-state index in [1.54, 1.807) is 49.6 Å². The van der Waals surface area contributed by atoms with E-state index in [9.17, 15) is 14.4 Å². The van der Waals surface area contributed by atoms with Gasteiger partial charge >= 0.3 is 0 Å². The first kappa shape index (κ1) is 19.6. The lowest BCUT2D eigenvalue weighted by atomic mass is 10.1. The van der Waals surface area contributed by atoms with Crippen LogP contribution in [-0.4, -0.2) is 36.2 Å². The fraction of sp³-hybridized carbons (Fsp3) is 0.100. The number of nitrogens with one attached hydrogen (secondary N) is 3. The molecule has 0 aliphatic heterocycles. The number of H-pyrrole nitrogens is 1. The number of methoxy groups -OCH3 is 2. The average molecular weight is 394 g/mol. The third kappa shape index (κ3) is 4.41. The van der Waals surface area contributed by atoms with E-state index < -0.39 is 17.4 Å². The molecule has 29 heavy (non-hydrogen) atoms. The monoisotopic (exact) mass is 394 g/mol. The van der Waals surface area contributed by atoms with Gasteiger partial charge in [0.2, 0.25) is 0 Å². The number of aromatic amines is 1. The number of nitrogens with zero attached hydrogens (tertiary/aromatic N) is 1. The van der Waals surface area contributed by atoms with Crippen LogP contribution in [0.25, 0.3) is 16.8 Å². The second-order valence-corrected chi connectivity index (χ2v) is 5.83. The molecule has 0 saturated carbocycles. The maximum absolute atomic E-state index is 12.4. The van der Waals surface area contributed by atoms with Gasteiger partial charge in [0, 0.05) is 23.1 Å². The van der Waals surface area contributed by atoms with E-state index in [1.807, 2.05) is 0 Å². The van der Waals surface area contributed by atoms with Crippen LogP contribution < -0.4 is 25.9 Å². The Morgan fingerprint density at radius 2 is 1.79 bits per heavy atom. The molecule has 9 nitrogen and oxygen atoms in total. The number of fused-ring (bicyclic) bond motifs is 1. The van der Waals surface area contributed by atoms with Crippen LogP contribution >= 0.6 is 0 Å². The Labute approximate surface area is 165 Å². The molecular weight excluding hydrogens is 376 g/mol. The normalized spacial score (nSPS) is 10.7. The first-order valence-electron chi connectivity index (χ1n) is 8.51. The molecule has 3 aromatic rings. The zero-order valence-electron chi connectivity index (χ0n) is 15.7. The first-order valence-corrected chi connectivity index (χ1v) is 8.51. The van der Waals surface area contributed by atoms with Gasteiger partial charge in [0.25, 0.3) is 17.4 Å². The Morgan fingerprint density at radius 1 is 1.03 bits per heavy atom. The molecule has 2 aromatic carbocycles. The molecule has 0 fully saturated rings. The number of hydrogen-bond donors (Lipinski definition) is 3. The van der Waals surface area contributed by atoms with Crippen molar-refractivity contribution in [3.05, 3.63) is 70.2 Å². The maximum atomic E-state index is 12.4. The molecule has 2 amide bonds. The molecule has 148 valence electrons. The minimum atomic E-state index is -0.666. The van der Waals surface area contributed by atoms with Crippen LogP contribution in [-0.2, 0) is 4.79 Å². The van der Waals surface area contributed by atoms with Crippen molar-refractivity contribution in [2.75, 3.05) is 14.2 Å². The van der Waals surface area contributed by atoms with Crippen molar-refractivity contribution in [2.24, 2.45) is 0 Å². The number of rotatable bonds is 5. The molecule has 0 radical (unpaired) electrons. The molecule has 3 rings (SSSR count). The van der Waals surface area contributed by atoms with Gasteiger partial charge in [-0.2, -0.15) is 5.10 Å². The molecule has 1 heterocycles. The average Bonchev–Trinajstić information content (AvgIpc) is 2.76. The molecular formula is C20H18N4O5.